The molecule has 6 nitrogen and oxygen atoms in total. The van der Waals surface area contributed by atoms with E-state index in [4.69, 9.17) is 4.74 Å². The number of aryl methyl sites for hydroxylation is 2. The highest BCUT2D eigenvalue weighted by molar-refractivity contribution is 6.46. The van der Waals surface area contributed by atoms with E-state index in [9.17, 15) is 14.7 Å². The van der Waals surface area contributed by atoms with Crippen LogP contribution in [0.2, 0.25) is 0 Å². The molecule has 1 fully saturated rings. The molecule has 2 aromatic carbocycles. The van der Waals surface area contributed by atoms with E-state index in [-0.39, 0.29) is 11.3 Å². The summed E-state index contributed by atoms with van der Waals surface area (Å²) in [6, 6.07) is 12.5. The van der Waals surface area contributed by atoms with Crippen LogP contribution in [0.3, 0.4) is 0 Å². The molecule has 0 aromatic heterocycles. The van der Waals surface area contributed by atoms with Crippen molar-refractivity contribution in [1.29, 1.82) is 0 Å². The molecule has 164 valence electrons. The second-order valence-electron chi connectivity index (χ2n) is 8.07. The van der Waals surface area contributed by atoms with Crippen LogP contribution in [0.25, 0.3) is 5.76 Å². The number of carbonyl (C=O) groups is 2. The van der Waals surface area contributed by atoms with Crippen LogP contribution in [0.4, 0.5) is 0 Å². The van der Waals surface area contributed by atoms with Gasteiger partial charge in [-0.15, -0.1) is 0 Å². The van der Waals surface area contributed by atoms with Gasteiger partial charge in [0.1, 0.15) is 11.5 Å². The van der Waals surface area contributed by atoms with Crippen molar-refractivity contribution < 1.29 is 19.4 Å². The number of nitrogens with zero attached hydrogens (tertiary/aromatic N) is 2. The predicted molar refractivity (Wildman–Crippen MR) is 121 cm³/mol. The molecule has 6 heteroatoms. The number of carbonyl (C=O) groups excluding carboxylic acids is 2. The molecular formula is C25H30N2O4. The third-order valence-electron chi connectivity index (χ3n) is 5.72. The summed E-state index contributed by atoms with van der Waals surface area (Å²) in [6.45, 7) is 4.91. The Kier molecular flexibility index (Phi) is 6.81. The van der Waals surface area contributed by atoms with Crippen LogP contribution in [0, 0.1) is 6.92 Å². The van der Waals surface area contributed by atoms with Gasteiger partial charge in [0, 0.05) is 18.7 Å². The summed E-state index contributed by atoms with van der Waals surface area (Å²) in [7, 11) is 5.41. The summed E-state index contributed by atoms with van der Waals surface area (Å²) in [6.07, 6.45) is 0.895. The number of amides is 1. The topological polar surface area (TPSA) is 70.1 Å². The Morgan fingerprint density at radius 3 is 2.35 bits per heavy atom. The highest BCUT2D eigenvalue weighted by Gasteiger charge is 2.46. The number of ketones is 1. The molecule has 1 heterocycles. The summed E-state index contributed by atoms with van der Waals surface area (Å²) >= 11 is 0. The molecule has 0 spiro atoms. The minimum atomic E-state index is -0.656. The van der Waals surface area contributed by atoms with E-state index in [1.807, 2.05) is 50.2 Å². The lowest BCUT2D eigenvalue weighted by atomic mass is 9.93. The standard InChI is InChI=1S/C25H30N2O4/c1-6-17-7-9-18(10-8-17)22-21(24(29)25(30)27(22)14-13-26(3)4)23(28)20-12-11-19(31-5)15-16(20)2/h7-12,15,22,28H,6,13-14H2,1-5H3/b23-21+. The van der Waals surface area contributed by atoms with Crippen LogP contribution in [0.1, 0.15) is 35.2 Å². The van der Waals surface area contributed by atoms with Crippen molar-refractivity contribution in [1.82, 2.24) is 9.80 Å². The van der Waals surface area contributed by atoms with Gasteiger partial charge in [-0.1, -0.05) is 31.2 Å². The molecular weight excluding hydrogens is 392 g/mol. The number of rotatable bonds is 7. The molecule has 1 aliphatic heterocycles. The fourth-order valence-electron chi connectivity index (χ4n) is 3.87. The lowest BCUT2D eigenvalue weighted by Crippen LogP contribution is -2.35. The molecule has 0 radical (unpaired) electrons. The van der Waals surface area contributed by atoms with Gasteiger partial charge in [0.25, 0.3) is 11.7 Å². The van der Waals surface area contributed by atoms with Gasteiger partial charge in [0.2, 0.25) is 0 Å². The highest BCUT2D eigenvalue weighted by atomic mass is 16.5. The van der Waals surface area contributed by atoms with E-state index >= 15 is 0 Å². The van der Waals surface area contributed by atoms with Crippen LogP contribution in [-0.2, 0) is 16.0 Å². The molecule has 1 amide bonds. The van der Waals surface area contributed by atoms with Gasteiger partial charge < -0.3 is 19.6 Å². The van der Waals surface area contributed by atoms with Gasteiger partial charge in [-0.2, -0.15) is 0 Å². The zero-order chi connectivity index (χ0) is 22.7. The monoisotopic (exact) mass is 422 g/mol. The fourth-order valence-corrected chi connectivity index (χ4v) is 3.87. The quantitative estimate of drug-likeness (QED) is 0.420. The number of likely N-dealkylation sites (tertiary alicyclic amines) is 1. The number of benzene rings is 2. The van der Waals surface area contributed by atoms with Gasteiger partial charge in [-0.3, -0.25) is 9.59 Å². The van der Waals surface area contributed by atoms with Gasteiger partial charge in [-0.25, -0.2) is 0 Å². The number of aliphatic hydroxyl groups excluding tert-OH is 1. The van der Waals surface area contributed by atoms with Crippen molar-refractivity contribution in [3.05, 3.63) is 70.3 Å². The first kappa shape index (κ1) is 22.6. The summed E-state index contributed by atoms with van der Waals surface area (Å²) < 4.78 is 5.25. The highest BCUT2D eigenvalue weighted by Crippen LogP contribution is 2.40. The predicted octanol–water partition coefficient (Wildman–Crippen LogP) is 3.55. The Labute approximate surface area is 183 Å². The van der Waals surface area contributed by atoms with E-state index in [0.717, 1.165) is 17.5 Å². The smallest absolute Gasteiger partial charge is 0.295 e. The van der Waals surface area contributed by atoms with Crippen LogP contribution >= 0.6 is 0 Å². The lowest BCUT2D eigenvalue weighted by Gasteiger charge is -2.26. The minimum absolute atomic E-state index is 0.126. The Morgan fingerprint density at radius 1 is 1.13 bits per heavy atom. The number of methoxy groups -OCH3 is 1. The molecule has 1 unspecified atom stereocenters. The van der Waals surface area contributed by atoms with E-state index in [1.54, 1.807) is 30.2 Å². The van der Waals surface area contributed by atoms with Crippen LogP contribution in [0.15, 0.2) is 48.0 Å². The first-order valence-corrected chi connectivity index (χ1v) is 10.5. The average Bonchev–Trinajstić information content (AvgIpc) is 3.01. The number of Topliss-reactive ketones (excluding diaryl/α,β-unsaturated/α-hetero) is 1. The average molecular weight is 423 g/mol. The van der Waals surface area contributed by atoms with Crippen LogP contribution < -0.4 is 4.74 Å². The molecule has 0 saturated carbocycles. The number of likely N-dealkylation sites (N-methyl/N-ethyl adjacent to an activating group) is 1. The molecule has 2 aromatic rings. The molecule has 1 atom stereocenters. The van der Waals surface area contributed by atoms with E-state index in [1.165, 1.54) is 5.56 Å². The van der Waals surface area contributed by atoms with Crippen molar-refractivity contribution in [3.8, 4) is 5.75 Å². The molecule has 1 aliphatic rings. The minimum Gasteiger partial charge on any atom is -0.507 e. The summed E-state index contributed by atoms with van der Waals surface area (Å²) in [5, 5.41) is 11.2. The number of hydrogen-bond acceptors (Lipinski definition) is 5. The summed E-state index contributed by atoms with van der Waals surface area (Å²) in [5.74, 6) is -0.738. The molecule has 0 aliphatic carbocycles. The summed E-state index contributed by atoms with van der Waals surface area (Å²) in [5.41, 5.74) is 3.38. The first-order chi connectivity index (χ1) is 14.8. The molecule has 1 N–H and O–H groups in total. The van der Waals surface area contributed by atoms with Crippen molar-refractivity contribution in [2.45, 2.75) is 26.3 Å². The van der Waals surface area contributed by atoms with Gasteiger partial charge in [0.15, 0.2) is 0 Å². The first-order valence-electron chi connectivity index (χ1n) is 10.5. The maximum absolute atomic E-state index is 13.1. The lowest BCUT2D eigenvalue weighted by molar-refractivity contribution is -0.140. The number of aliphatic hydroxyl groups is 1. The second-order valence-corrected chi connectivity index (χ2v) is 8.07. The Bertz CT molecular complexity index is 1010. The summed E-state index contributed by atoms with van der Waals surface area (Å²) in [4.78, 5) is 29.5. The number of ether oxygens (including phenoxy) is 1. The van der Waals surface area contributed by atoms with Crippen LogP contribution in [0.5, 0.6) is 5.75 Å². The van der Waals surface area contributed by atoms with Crippen molar-refractivity contribution >= 4 is 17.4 Å². The molecule has 3 rings (SSSR count). The third kappa shape index (κ3) is 4.49. The Hall–Kier alpha value is -3.12. The van der Waals surface area contributed by atoms with E-state index in [0.29, 0.717) is 24.4 Å². The van der Waals surface area contributed by atoms with E-state index < -0.39 is 17.7 Å². The van der Waals surface area contributed by atoms with Crippen molar-refractivity contribution in [3.63, 3.8) is 0 Å². The SMILES string of the molecule is CCc1ccc(C2/C(=C(\O)c3ccc(OC)cc3C)C(=O)C(=O)N2CCN(C)C)cc1. The number of hydrogen-bond donors (Lipinski definition) is 1. The largest absolute Gasteiger partial charge is 0.507 e. The maximum atomic E-state index is 13.1. The normalized spacial score (nSPS) is 18.1. The van der Waals surface area contributed by atoms with Gasteiger partial charge >= 0.3 is 0 Å². The van der Waals surface area contributed by atoms with E-state index in [2.05, 4.69) is 6.92 Å². The second kappa shape index (κ2) is 9.35. The van der Waals surface area contributed by atoms with Crippen molar-refractivity contribution in [2.24, 2.45) is 0 Å². The maximum Gasteiger partial charge on any atom is 0.295 e. The van der Waals surface area contributed by atoms with Gasteiger partial charge in [0.05, 0.1) is 18.7 Å². The molecule has 1 saturated heterocycles. The Balaban J connectivity index is 2.15. The zero-order valence-corrected chi connectivity index (χ0v) is 18.8. The van der Waals surface area contributed by atoms with Crippen molar-refractivity contribution in [2.75, 3.05) is 34.3 Å². The molecule has 0 bridgehead atoms. The Morgan fingerprint density at radius 2 is 1.81 bits per heavy atom. The van der Waals surface area contributed by atoms with Gasteiger partial charge in [-0.05, 0) is 62.3 Å². The van der Waals surface area contributed by atoms with Crippen LogP contribution in [-0.4, -0.2) is 60.9 Å². The molecule has 31 heavy (non-hydrogen) atoms. The third-order valence-corrected chi connectivity index (χ3v) is 5.72. The fraction of sp³-hybridized carbons (Fsp3) is 0.360. The zero-order valence-electron chi connectivity index (χ0n) is 18.8.